The third kappa shape index (κ3) is 3.47. The highest BCUT2D eigenvalue weighted by Gasteiger charge is 2.27. The lowest BCUT2D eigenvalue weighted by Crippen LogP contribution is -2.31. The van der Waals surface area contributed by atoms with E-state index in [0.29, 0.717) is 5.92 Å². The summed E-state index contributed by atoms with van der Waals surface area (Å²) < 4.78 is 6.91. The molecule has 0 aliphatic carbocycles. The molecule has 0 saturated carbocycles. The highest BCUT2D eigenvalue weighted by atomic mass is 79.9. The first-order valence-electron chi connectivity index (χ1n) is 6.49. The predicted molar refractivity (Wildman–Crippen MR) is 79.1 cm³/mol. The molecule has 0 amide bonds. The average Bonchev–Trinajstić information content (AvgIpc) is 2.40. The lowest BCUT2D eigenvalue weighted by molar-refractivity contribution is -0.0276. The molecule has 1 fully saturated rings. The third-order valence-electron chi connectivity index (χ3n) is 3.37. The Morgan fingerprint density at radius 2 is 2.33 bits per heavy atom. The van der Waals surface area contributed by atoms with Gasteiger partial charge in [-0.05, 0) is 53.0 Å². The molecule has 1 aromatic carbocycles. The fourth-order valence-electron chi connectivity index (χ4n) is 2.44. The Morgan fingerprint density at radius 3 is 3.06 bits per heavy atom. The third-order valence-corrected chi connectivity index (χ3v) is 4.59. The molecule has 18 heavy (non-hydrogen) atoms. The molecule has 1 N–H and O–H groups in total. The molecular formula is C14H19BrClNO. The van der Waals surface area contributed by atoms with Crippen LogP contribution >= 0.6 is 27.5 Å². The minimum Gasteiger partial charge on any atom is -0.373 e. The van der Waals surface area contributed by atoms with Gasteiger partial charge < -0.3 is 10.1 Å². The second kappa shape index (κ2) is 6.90. The van der Waals surface area contributed by atoms with Crippen molar-refractivity contribution in [3.8, 4) is 0 Å². The van der Waals surface area contributed by atoms with Gasteiger partial charge in [-0.3, -0.25) is 0 Å². The summed E-state index contributed by atoms with van der Waals surface area (Å²) in [5, 5.41) is 4.17. The zero-order valence-corrected chi connectivity index (χ0v) is 12.9. The van der Waals surface area contributed by atoms with Crippen LogP contribution in [0.4, 0.5) is 0 Å². The summed E-state index contributed by atoms with van der Waals surface area (Å²) >= 11 is 9.52. The first-order valence-corrected chi connectivity index (χ1v) is 7.66. The van der Waals surface area contributed by atoms with Crippen molar-refractivity contribution in [2.45, 2.75) is 25.9 Å². The normalized spacial score (nSPS) is 24.2. The van der Waals surface area contributed by atoms with E-state index in [9.17, 15) is 0 Å². The number of hydrogen-bond acceptors (Lipinski definition) is 2. The van der Waals surface area contributed by atoms with Crippen LogP contribution < -0.4 is 5.32 Å². The van der Waals surface area contributed by atoms with Crippen LogP contribution in [0.15, 0.2) is 22.7 Å². The lowest BCUT2D eigenvalue weighted by atomic mass is 9.89. The van der Waals surface area contributed by atoms with Crippen molar-refractivity contribution in [3.05, 3.63) is 33.3 Å². The molecule has 2 atom stereocenters. The lowest BCUT2D eigenvalue weighted by Gasteiger charge is -2.32. The van der Waals surface area contributed by atoms with Crippen LogP contribution in [0.1, 0.15) is 31.4 Å². The molecule has 0 aromatic heterocycles. The Morgan fingerprint density at radius 1 is 1.50 bits per heavy atom. The quantitative estimate of drug-likeness (QED) is 0.893. The molecule has 0 spiro atoms. The summed E-state index contributed by atoms with van der Waals surface area (Å²) in [6.07, 6.45) is 2.56. The smallest absolute Gasteiger partial charge is 0.0865 e. The largest absolute Gasteiger partial charge is 0.373 e. The number of nitrogens with one attached hydrogen (secondary N) is 1. The summed E-state index contributed by atoms with van der Waals surface area (Å²) in [5.74, 6) is 0.548. The van der Waals surface area contributed by atoms with Gasteiger partial charge in [-0.1, -0.05) is 24.6 Å². The Balaban J connectivity index is 2.14. The van der Waals surface area contributed by atoms with Crippen molar-refractivity contribution < 1.29 is 4.74 Å². The van der Waals surface area contributed by atoms with Gasteiger partial charge >= 0.3 is 0 Å². The second-order valence-corrected chi connectivity index (χ2v) is 5.94. The molecule has 100 valence electrons. The van der Waals surface area contributed by atoms with E-state index in [1.54, 1.807) is 0 Å². The fourth-order valence-corrected chi connectivity index (χ4v) is 2.95. The molecule has 1 aromatic rings. The van der Waals surface area contributed by atoms with Gasteiger partial charge in [0.2, 0.25) is 0 Å². The van der Waals surface area contributed by atoms with Gasteiger partial charge in [-0.2, -0.15) is 0 Å². The maximum atomic E-state index is 6.04. The van der Waals surface area contributed by atoms with E-state index >= 15 is 0 Å². The highest BCUT2D eigenvalue weighted by molar-refractivity contribution is 9.10. The van der Waals surface area contributed by atoms with Gasteiger partial charge in [-0.15, -0.1) is 0 Å². The van der Waals surface area contributed by atoms with Crippen molar-refractivity contribution in [1.29, 1.82) is 0 Å². The van der Waals surface area contributed by atoms with E-state index < -0.39 is 0 Å². The molecule has 0 bridgehead atoms. The summed E-state index contributed by atoms with van der Waals surface area (Å²) in [7, 11) is 0. The first-order chi connectivity index (χ1) is 8.72. The number of benzene rings is 1. The average molecular weight is 333 g/mol. The van der Waals surface area contributed by atoms with E-state index in [1.807, 2.05) is 6.07 Å². The molecule has 2 unspecified atom stereocenters. The summed E-state index contributed by atoms with van der Waals surface area (Å²) in [4.78, 5) is 0. The molecular weight excluding hydrogens is 314 g/mol. The molecule has 4 heteroatoms. The maximum absolute atomic E-state index is 6.04. The zero-order chi connectivity index (χ0) is 13.0. The predicted octanol–water partition coefficient (Wildman–Crippen LogP) is 4.18. The van der Waals surface area contributed by atoms with E-state index in [4.69, 9.17) is 16.3 Å². The van der Waals surface area contributed by atoms with E-state index in [-0.39, 0.29) is 6.10 Å². The number of hydrogen-bond donors (Lipinski definition) is 1. The molecule has 1 saturated heterocycles. The zero-order valence-electron chi connectivity index (χ0n) is 10.6. The molecule has 1 heterocycles. The van der Waals surface area contributed by atoms with Gasteiger partial charge in [0.25, 0.3) is 0 Å². The van der Waals surface area contributed by atoms with Crippen LogP contribution in [-0.2, 0) is 4.74 Å². The minimum atomic E-state index is 0.186. The molecule has 0 radical (unpaired) electrons. The molecule has 1 aliphatic rings. The molecule has 1 aliphatic heterocycles. The van der Waals surface area contributed by atoms with Gasteiger partial charge in [0.05, 0.1) is 11.1 Å². The van der Waals surface area contributed by atoms with Gasteiger partial charge in [-0.25, -0.2) is 0 Å². The van der Waals surface area contributed by atoms with Crippen LogP contribution in [0.25, 0.3) is 0 Å². The van der Waals surface area contributed by atoms with Crippen molar-refractivity contribution in [3.63, 3.8) is 0 Å². The Bertz CT molecular complexity index is 399. The fraction of sp³-hybridized carbons (Fsp3) is 0.571. The summed E-state index contributed by atoms with van der Waals surface area (Å²) in [6.45, 7) is 5.01. The van der Waals surface area contributed by atoms with Crippen LogP contribution in [0, 0.1) is 5.92 Å². The summed E-state index contributed by atoms with van der Waals surface area (Å²) in [6, 6.07) is 6.09. The molecule has 2 rings (SSSR count). The van der Waals surface area contributed by atoms with Crippen LogP contribution in [0.5, 0.6) is 0 Å². The van der Waals surface area contributed by atoms with Gasteiger partial charge in [0.15, 0.2) is 0 Å². The Labute approximate surface area is 122 Å². The van der Waals surface area contributed by atoms with Crippen LogP contribution in [-0.4, -0.2) is 19.7 Å². The maximum Gasteiger partial charge on any atom is 0.0865 e. The SMILES string of the molecule is CCNCC1CCCOC1c1ccc(Cl)c(Br)c1. The summed E-state index contributed by atoms with van der Waals surface area (Å²) in [5.41, 5.74) is 1.22. The number of halogens is 2. The van der Waals surface area contributed by atoms with Gasteiger partial charge in [0.1, 0.15) is 0 Å². The second-order valence-electron chi connectivity index (χ2n) is 4.67. The Hall–Kier alpha value is -0.0900. The minimum absolute atomic E-state index is 0.186. The van der Waals surface area contributed by atoms with Crippen LogP contribution in [0.2, 0.25) is 5.02 Å². The number of ether oxygens (including phenoxy) is 1. The van der Waals surface area contributed by atoms with Crippen molar-refractivity contribution in [1.82, 2.24) is 5.32 Å². The standard InChI is InChI=1S/C14H19BrClNO/c1-2-17-9-11-4-3-7-18-14(11)10-5-6-13(16)12(15)8-10/h5-6,8,11,14,17H,2-4,7,9H2,1H3. The molecule has 2 nitrogen and oxygen atoms in total. The van der Waals surface area contributed by atoms with Gasteiger partial charge in [0, 0.05) is 23.5 Å². The highest BCUT2D eigenvalue weighted by Crippen LogP contribution is 2.35. The van der Waals surface area contributed by atoms with Crippen molar-refractivity contribution in [2.24, 2.45) is 5.92 Å². The first kappa shape index (κ1) is 14.3. The Kier molecular flexibility index (Phi) is 5.49. The topological polar surface area (TPSA) is 21.3 Å². The van der Waals surface area contributed by atoms with Crippen molar-refractivity contribution >= 4 is 27.5 Å². The van der Waals surface area contributed by atoms with Crippen LogP contribution in [0.3, 0.4) is 0 Å². The number of rotatable bonds is 4. The monoisotopic (exact) mass is 331 g/mol. The van der Waals surface area contributed by atoms with Crippen molar-refractivity contribution in [2.75, 3.05) is 19.7 Å². The van der Waals surface area contributed by atoms with E-state index in [1.165, 1.54) is 12.0 Å². The van der Waals surface area contributed by atoms with E-state index in [0.717, 1.165) is 35.6 Å². The van der Waals surface area contributed by atoms with E-state index in [2.05, 4.69) is 40.3 Å².